The molecule has 0 aliphatic carbocycles. The lowest BCUT2D eigenvalue weighted by atomic mass is 10.0. The van der Waals surface area contributed by atoms with Gasteiger partial charge in [0.05, 0.1) is 0 Å². The van der Waals surface area contributed by atoms with Gasteiger partial charge >= 0.3 is 17.9 Å². The van der Waals surface area contributed by atoms with Gasteiger partial charge in [-0.2, -0.15) is 0 Å². The maximum absolute atomic E-state index is 12.9. The number of unbranched alkanes of at least 4 members (excludes halogenated alkanes) is 46. The summed E-state index contributed by atoms with van der Waals surface area (Å²) in [6, 6.07) is 0. The summed E-state index contributed by atoms with van der Waals surface area (Å²) in [5.41, 5.74) is 0. The van der Waals surface area contributed by atoms with E-state index >= 15 is 0 Å². The minimum Gasteiger partial charge on any atom is -0.462 e. The van der Waals surface area contributed by atoms with E-state index in [4.69, 9.17) is 14.2 Å². The van der Waals surface area contributed by atoms with Crippen molar-refractivity contribution < 1.29 is 28.6 Å². The average molecular weight is 1030 g/mol. The van der Waals surface area contributed by atoms with Crippen LogP contribution in [-0.2, 0) is 28.6 Å². The minimum atomic E-state index is -0.764. The zero-order valence-electron chi connectivity index (χ0n) is 50.3. The summed E-state index contributed by atoms with van der Waals surface area (Å²) in [5, 5.41) is 0. The quantitative estimate of drug-likeness (QED) is 0.0343. The highest BCUT2D eigenvalue weighted by atomic mass is 16.6. The molecule has 0 aromatic carbocycles. The van der Waals surface area contributed by atoms with Crippen LogP contribution < -0.4 is 0 Å². The lowest BCUT2D eigenvalue weighted by Gasteiger charge is -2.18. The van der Waals surface area contributed by atoms with Crippen LogP contribution in [0.3, 0.4) is 0 Å². The predicted octanol–water partition coefficient (Wildman–Crippen LogP) is 22.4. The third-order valence-electron chi connectivity index (χ3n) is 15.5. The molecule has 0 fully saturated rings. The lowest BCUT2D eigenvalue weighted by Crippen LogP contribution is -2.30. The summed E-state index contributed by atoms with van der Waals surface area (Å²) in [5.74, 6) is 0.876. The molecule has 0 radical (unpaired) electrons. The molecule has 0 bridgehead atoms. The van der Waals surface area contributed by atoms with Crippen molar-refractivity contribution in [1.82, 2.24) is 0 Å². The van der Waals surface area contributed by atoms with Gasteiger partial charge in [0.15, 0.2) is 6.10 Å². The lowest BCUT2D eigenvalue weighted by molar-refractivity contribution is -0.167. The number of hydrogen-bond donors (Lipinski definition) is 0. The van der Waals surface area contributed by atoms with Crippen LogP contribution in [0.15, 0.2) is 0 Å². The first-order valence-corrected chi connectivity index (χ1v) is 33.2. The van der Waals surface area contributed by atoms with Crippen LogP contribution in [0.5, 0.6) is 0 Å². The fraction of sp³-hybridized carbons (Fsp3) is 0.955. The van der Waals surface area contributed by atoms with Gasteiger partial charge in [0.2, 0.25) is 0 Å². The number of rotatable bonds is 61. The topological polar surface area (TPSA) is 78.9 Å². The molecule has 0 rings (SSSR count). The Balaban J connectivity index is 4.27. The summed E-state index contributed by atoms with van der Waals surface area (Å²) in [6.45, 7) is 11.5. The highest BCUT2D eigenvalue weighted by Crippen LogP contribution is 2.19. The van der Waals surface area contributed by atoms with Crippen molar-refractivity contribution in [3.05, 3.63) is 0 Å². The van der Waals surface area contributed by atoms with E-state index in [9.17, 15) is 14.4 Å². The van der Waals surface area contributed by atoms with Gasteiger partial charge in [-0.3, -0.25) is 14.4 Å². The molecule has 434 valence electrons. The van der Waals surface area contributed by atoms with Crippen LogP contribution in [0.25, 0.3) is 0 Å². The molecule has 0 aliphatic heterocycles. The molecule has 6 nitrogen and oxygen atoms in total. The van der Waals surface area contributed by atoms with Crippen LogP contribution in [0.4, 0.5) is 0 Å². The van der Waals surface area contributed by atoms with Crippen LogP contribution in [0, 0.1) is 11.8 Å². The van der Waals surface area contributed by atoms with Gasteiger partial charge in [0.1, 0.15) is 13.2 Å². The molecule has 73 heavy (non-hydrogen) atoms. The largest absolute Gasteiger partial charge is 0.462 e. The van der Waals surface area contributed by atoms with E-state index in [1.807, 2.05) is 0 Å². The molecule has 1 atom stereocenters. The van der Waals surface area contributed by atoms with E-state index in [1.54, 1.807) is 0 Å². The number of carbonyl (C=O) groups excluding carboxylic acids is 3. The van der Waals surface area contributed by atoms with E-state index in [1.165, 1.54) is 270 Å². The summed E-state index contributed by atoms with van der Waals surface area (Å²) in [4.78, 5) is 38.4. The second-order valence-corrected chi connectivity index (χ2v) is 24.1. The molecule has 6 heteroatoms. The van der Waals surface area contributed by atoms with Gasteiger partial charge in [-0.1, -0.05) is 343 Å². The van der Waals surface area contributed by atoms with E-state index in [-0.39, 0.29) is 31.1 Å². The normalized spacial score (nSPS) is 12.0. The standard InChI is InChI=1S/C67H130O6/c1-6-7-8-9-10-11-12-13-14-17-22-29-34-39-44-49-54-59-67(70)73-64(61-72-66(69)58-53-48-43-38-33-28-24-23-26-31-36-41-46-51-56-63(4)5)60-71-65(68)57-52-47-42-37-32-27-21-19-16-15-18-20-25-30-35-40-45-50-55-62(2)3/h62-64H,6-61H2,1-5H3/t64-/m0/s1. The van der Waals surface area contributed by atoms with E-state index in [0.717, 1.165) is 69.6 Å². The predicted molar refractivity (Wildman–Crippen MR) is 316 cm³/mol. The Morgan fingerprint density at radius 1 is 0.260 bits per heavy atom. The van der Waals surface area contributed by atoms with Crippen molar-refractivity contribution in [3.8, 4) is 0 Å². The number of ether oxygens (including phenoxy) is 3. The van der Waals surface area contributed by atoms with Crippen molar-refractivity contribution in [2.24, 2.45) is 11.8 Å². The highest BCUT2D eigenvalue weighted by molar-refractivity contribution is 5.71. The second-order valence-electron chi connectivity index (χ2n) is 24.1. The number of esters is 3. The molecule has 0 aromatic rings. The molecule has 0 N–H and O–H groups in total. The van der Waals surface area contributed by atoms with Gasteiger partial charge in [0, 0.05) is 19.3 Å². The highest BCUT2D eigenvalue weighted by Gasteiger charge is 2.19. The van der Waals surface area contributed by atoms with Crippen LogP contribution in [0.1, 0.15) is 381 Å². The SMILES string of the molecule is CCCCCCCCCCCCCCCCCCCC(=O)O[C@@H](COC(=O)CCCCCCCCCCCCCCCCCCCCC(C)C)COC(=O)CCCCCCCCCCCCCCCCC(C)C. The Kier molecular flexibility index (Phi) is 58.4. The number of hydrogen-bond acceptors (Lipinski definition) is 6. The van der Waals surface area contributed by atoms with Crippen molar-refractivity contribution in [2.75, 3.05) is 13.2 Å². The molecular formula is C67H130O6. The maximum Gasteiger partial charge on any atom is 0.306 e. The molecule has 0 spiro atoms. The summed E-state index contributed by atoms with van der Waals surface area (Å²) in [6.07, 6.45) is 66.8. The van der Waals surface area contributed by atoms with Crippen LogP contribution >= 0.6 is 0 Å². The molecule has 0 heterocycles. The monoisotopic (exact) mass is 1030 g/mol. The Morgan fingerprint density at radius 3 is 0.671 bits per heavy atom. The maximum atomic E-state index is 12.9. The molecule has 0 unspecified atom stereocenters. The second kappa shape index (κ2) is 59.7. The fourth-order valence-corrected chi connectivity index (χ4v) is 10.5. The van der Waals surface area contributed by atoms with Crippen LogP contribution in [0.2, 0.25) is 0 Å². The summed E-state index contributed by atoms with van der Waals surface area (Å²) in [7, 11) is 0. The van der Waals surface area contributed by atoms with E-state index in [2.05, 4.69) is 34.6 Å². The number of carbonyl (C=O) groups is 3. The molecule has 0 saturated heterocycles. The Hall–Kier alpha value is -1.59. The van der Waals surface area contributed by atoms with E-state index in [0.29, 0.717) is 19.3 Å². The van der Waals surface area contributed by atoms with Crippen molar-refractivity contribution in [1.29, 1.82) is 0 Å². The Bertz CT molecular complexity index is 1120. The van der Waals surface area contributed by atoms with Gasteiger partial charge in [-0.25, -0.2) is 0 Å². The molecule has 0 amide bonds. The van der Waals surface area contributed by atoms with Crippen molar-refractivity contribution in [3.63, 3.8) is 0 Å². The van der Waals surface area contributed by atoms with Crippen molar-refractivity contribution >= 4 is 17.9 Å². The third kappa shape index (κ3) is 61.1. The molecular weight excluding hydrogens is 901 g/mol. The zero-order chi connectivity index (χ0) is 53.2. The third-order valence-corrected chi connectivity index (χ3v) is 15.5. The molecule has 0 aromatic heterocycles. The van der Waals surface area contributed by atoms with Gasteiger partial charge in [0.25, 0.3) is 0 Å². The van der Waals surface area contributed by atoms with Gasteiger partial charge in [-0.05, 0) is 31.1 Å². The summed E-state index contributed by atoms with van der Waals surface area (Å²) < 4.78 is 17.0. The Morgan fingerprint density at radius 2 is 0.452 bits per heavy atom. The van der Waals surface area contributed by atoms with Crippen LogP contribution in [-0.4, -0.2) is 37.2 Å². The summed E-state index contributed by atoms with van der Waals surface area (Å²) >= 11 is 0. The van der Waals surface area contributed by atoms with Gasteiger partial charge < -0.3 is 14.2 Å². The molecule has 0 saturated carbocycles. The smallest absolute Gasteiger partial charge is 0.306 e. The fourth-order valence-electron chi connectivity index (χ4n) is 10.5. The first-order chi connectivity index (χ1) is 35.7. The zero-order valence-corrected chi connectivity index (χ0v) is 50.3. The first kappa shape index (κ1) is 71.4. The van der Waals surface area contributed by atoms with E-state index < -0.39 is 6.10 Å². The first-order valence-electron chi connectivity index (χ1n) is 33.2. The molecule has 0 aliphatic rings. The van der Waals surface area contributed by atoms with Gasteiger partial charge in [-0.15, -0.1) is 0 Å². The van der Waals surface area contributed by atoms with Crippen molar-refractivity contribution in [2.45, 2.75) is 387 Å². The Labute approximate surface area is 457 Å². The minimum absolute atomic E-state index is 0.0615. The average Bonchev–Trinajstić information content (AvgIpc) is 3.37.